The molecule has 0 fully saturated rings. The highest BCUT2D eigenvalue weighted by atomic mass is 35.5. The Bertz CT molecular complexity index is 647. The fourth-order valence-corrected chi connectivity index (χ4v) is 2.03. The van der Waals surface area contributed by atoms with Crippen LogP contribution in [0, 0.1) is 0 Å². The van der Waals surface area contributed by atoms with E-state index in [4.69, 9.17) is 21.1 Å². The Balaban J connectivity index is 2.04. The normalized spacial score (nSPS) is 10.8. The average Bonchev–Trinajstić information content (AvgIpc) is 2.95. The molecule has 0 unspecified atom stereocenters. The number of rotatable bonds is 4. The van der Waals surface area contributed by atoms with Gasteiger partial charge in [0, 0.05) is 17.2 Å². The molecule has 0 atom stereocenters. The van der Waals surface area contributed by atoms with E-state index < -0.39 is 11.9 Å². The molecule has 0 aromatic carbocycles. The number of aromatic nitrogens is 1. The fourth-order valence-electron chi connectivity index (χ4n) is 1.17. The predicted molar refractivity (Wildman–Crippen MR) is 70.5 cm³/mol. The SMILES string of the molecule is O=C(O)C=Cc1cnc(NC(=O)c2ccc(Cl)o2)s1. The van der Waals surface area contributed by atoms with Crippen LogP contribution in [0.15, 0.2) is 28.8 Å². The van der Waals surface area contributed by atoms with E-state index in [0.717, 1.165) is 17.4 Å². The smallest absolute Gasteiger partial charge is 0.328 e. The van der Waals surface area contributed by atoms with Crippen molar-refractivity contribution < 1.29 is 19.1 Å². The van der Waals surface area contributed by atoms with Gasteiger partial charge in [-0.05, 0) is 29.8 Å². The number of carboxylic acids is 1. The third kappa shape index (κ3) is 3.67. The number of anilines is 1. The first-order chi connectivity index (χ1) is 9.04. The number of aliphatic carboxylic acids is 1. The van der Waals surface area contributed by atoms with Crippen molar-refractivity contribution in [3.8, 4) is 0 Å². The van der Waals surface area contributed by atoms with E-state index in [1.807, 2.05) is 0 Å². The maximum Gasteiger partial charge on any atom is 0.328 e. The number of furan rings is 1. The van der Waals surface area contributed by atoms with Gasteiger partial charge >= 0.3 is 5.97 Å². The first-order valence-corrected chi connectivity index (χ1v) is 6.17. The van der Waals surface area contributed by atoms with Crippen molar-refractivity contribution in [3.05, 3.63) is 40.3 Å². The highest BCUT2D eigenvalue weighted by Crippen LogP contribution is 2.21. The summed E-state index contributed by atoms with van der Waals surface area (Å²) in [4.78, 5) is 26.6. The molecule has 0 saturated heterocycles. The van der Waals surface area contributed by atoms with Crippen LogP contribution in [-0.2, 0) is 4.79 Å². The molecule has 0 bridgehead atoms. The molecule has 8 heteroatoms. The molecule has 2 heterocycles. The molecule has 19 heavy (non-hydrogen) atoms. The largest absolute Gasteiger partial charge is 0.478 e. The van der Waals surface area contributed by atoms with Crippen molar-refractivity contribution in [1.82, 2.24) is 4.98 Å². The highest BCUT2D eigenvalue weighted by Gasteiger charge is 2.12. The van der Waals surface area contributed by atoms with Crippen LogP contribution in [0.1, 0.15) is 15.4 Å². The zero-order valence-corrected chi connectivity index (χ0v) is 10.9. The highest BCUT2D eigenvalue weighted by molar-refractivity contribution is 7.16. The Labute approximate surface area is 116 Å². The van der Waals surface area contributed by atoms with E-state index in [2.05, 4.69) is 10.3 Å². The Morgan fingerprint density at radius 3 is 2.89 bits per heavy atom. The van der Waals surface area contributed by atoms with Crippen LogP contribution in [-0.4, -0.2) is 22.0 Å². The quantitative estimate of drug-likeness (QED) is 0.847. The lowest BCUT2D eigenvalue weighted by molar-refractivity contribution is -0.131. The fraction of sp³-hybridized carbons (Fsp3) is 0. The van der Waals surface area contributed by atoms with Gasteiger partial charge in [-0.2, -0.15) is 0 Å². The van der Waals surface area contributed by atoms with Crippen molar-refractivity contribution in [2.24, 2.45) is 0 Å². The number of halogens is 1. The minimum Gasteiger partial charge on any atom is -0.478 e. The molecule has 0 aliphatic rings. The number of amides is 1. The second-order valence-electron chi connectivity index (χ2n) is 3.30. The molecule has 2 rings (SSSR count). The first-order valence-electron chi connectivity index (χ1n) is 4.98. The topological polar surface area (TPSA) is 92.4 Å². The molecule has 2 aromatic rings. The number of hydrogen-bond donors (Lipinski definition) is 2. The molecular weight excluding hydrogens is 292 g/mol. The lowest BCUT2D eigenvalue weighted by atomic mass is 10.4. The van der Waals surface area contributed by atoms with Crippen molar-refractivity contribution in [2.45, 2.75) is 0 Å². The summed E-state index contributed by atoms with van der Waals surface area (Å²) in [5, 5.41) is 11.5. The monoisotopic (exact) mass is 298 g/mol. The van der Waals surface area contributed by atoms with E-state index in [1.54, 1.807) is 0 Å². The van der Waals surface area contributed by atoms with Crippen molar-refractivity contribution in [3.63, 3.8) is 0 Å². The van der Waals surface area contributed by atoms with Crippen LogP contribution in [0.5, 0.6) is 0 Å². The van der Waals surface area contributed by atoms with E-state index in [9.17, 15) is 9.59 Å². The summed E-state index contributed by atoms with van der Waals surface area (Å²) in [6.45, 7) is 0. The van der Waals surface area contributed by atoms with Gasteiger partial charge in [-0.25, -0.2) is 9.78 Å². The Kier molecular flexibility index (Phi) is 3.98. The molecule has 6 nitrogen and oxygen atoms in total. The van der Waals surface area contributed by atoms with Crippen LogP contribution in [0.2, 0.25) is 5.22 Å². The summed E-state index contributed by atoms with van der Waals surface area (Å²) in [6, 6.07) is 2.90. The van der Waals surface area contributed by atoms with Crippen LogP contribution < -0.4 is 5.32 Å². The van der Waals surface area contributed by atoms with Gasteiger partial charge in [0.05, 0.1) is 0 Å². The molecule has 0 aliphatic carbocycles. The number of nitrogens with one attached hydrogen (secondary N) is 1. The second-order valence-corrected chi connectivity index (χ2v) is 4.73. The van der Waals surface area contributed by atoms with Gasteiger partial charge < -0.3 is 9.52 Å². The number of nitrogens with zero attached hydrogens (tertiary/aromatic N) is 1. The van der Waals surface area contributed by atoms with Crippen LogP contribution >= 0.6 is 22.9 Å². The zero-order chi connectivity index (χ0) is 13.8. The summed E-state index contributed by atoms with van der Waals surface area (Å²) in [6.07, 6.45) is 3.83. The molecule has 98 valence electrons. The van der Waals surface area contributed by atoms with Gasteiger partial charge in [0.2, 0.25) is 0 Å². The second kappa shape index (κ2) is 5.68. The number of carboxylic acid groups (broad SMARTS) is 1. The van der Waals surface area contributed by atoms with Gasteiger partial charge in [0.25, 0.3) is 5.91 Å². The molecule has 2 N–H and O–H groups in total. The lowest BCUT2D eigenvalue weighted by Gasteiger charge is -1.96. The third-order valence-corrected chi connectivity index (χ3v) is 3.01. The van der Waals surface area contributed by atoms with Crippen LogP contribution in [0.4, 0.5) is 5.13 Å². The van der Waals surface area contributed by atoms with E-state index >= 15 is 0 Å². The van der Waals surface area contributed by atoms with Gasteiger partial charge in [0.15, 0.2) is 16.1 Å². The van der Waals surface area contributed by atoms with Crippen LogP contribution in [0.25, 0.3) is 6.08 Å². The van der Waals surface area contributed by atoms with E-state index in [1.165, 1.54) is 24.4 Å². The summed E-state index contributed by atoms with van der Waals surface area (Å²) < 4.78 is 4.94. The van der Waals surface area contributed by atoms with E-state index in [-0.39, 0.29) is 11.0 Å². The zero-order valence-electron chi connectivity index (χ0n) is 9.29. The molecule has 0 aliphatic heterocycles. The molecule has 0 radical (unpaired) electrons. The van der Waals surface area contributed by atoms with Gasteiger partial charge in [0.1, 0.15) is 0 Å². The lowest BCUT2D eigenvalue weighted by Crippen LogP contribution is -2.10. The first kappa shape index (κ1) is 13.3. The standard InChI is InChI=1S/C11H7ClN2O4S/c12-8-3-2-7(18-8)10(17)14-11-13-5-6(19-11)1-4-9(15)16/h1-5H,(H,15,16)(H,13,14,17). The molecular formula is C11H7ClN2O4S. The third-order valence-electron chi connectivity index (χ3n) is 1.93. The van der Waals surface area contributed by atoms with Crippen molar-refractivity contribution in [2.75, 3.05) is 5.32 Å². The Morgan fingerprint density at radius 1 is 1.47 bits per heavy atom. The van der Waals surface area contributed by atoms with Gasteiger partial charge in [-0.15, -0.1) is 0 Å². The van der Waals surface area contributed by atoms with Gasteiger partial charge in [-0.3, -0.25) is 10.1 Å². The minimum atomic E-state index is -1.05. The summed E-state index contributed by atoms with van der Waals surface area (Å²) >= 11 is 6.69. The van der Waals surface area contributed by atoms with Gasteiger partial charge in [-0.1, -0.05) is 11.3 Å². The number of hydrogen-bond acceptors (Lipinski definition) is 5. The number of carbonyl (C=O) groups excluding carboxylic acids is 1. The summed E-state index contributed by atoms with van der Waals surface area (Å²) in [5.74, 6) is -1.46. The maximum atomic E-state index is 11.7. The molecule has 1 amide bonds. The number of thiazole rings is 1. The average molecular weight is 299 g/mol. The Hall–Kier alpha value is -2.12. The predicted octanol–water partition coefficient (Wildman–Crippen LogP) is 2.74. The summed E-state index contributed by atoms with van der Waals surface area (Å²) in [7, 11) is 0. The molecule has 0 saturated carbocycles. The Morgan fingerprint density at radius 2 is 2.26 bits per heavy atom. The molecule has 2 aromatic heterocycles. The van der Waals surface area contributed by atoms with Crippen LogP contribution in [0.3, 0.4) is 0 Å². The minimum absolute atomic E-state index is 0.0721. The van der Waals surface area contributed by atoms with Crippen molar-refractivity contribution in [1.29, 1.82) is 0 Å². The molecule has 0 spiro atoms. The number of carbonyl (C=O) groups is 2. The maximum absolute atomic E-state index is 11.7. The summed E-state index contributed by atoms with van der Waals surface area (Å²) in [5.41, 5.74) is 0. The van der Waals surface area contributed by atoms with Crippen molar-refractivity contribution >= 4 is 46.0 Å². The van der Waals surface area contributed by atoms with E-state index in [0.29, 0.717) is 10.0 Å².